The van der Waals surface area contributed by atoms with Gasteiger partial charge in [-0.3, -0.25) is 0 Å². The fourth-order valence-corrected chi connectivity index (χ4v) is 3.25. The molecule has 3 aromatic rings. The third-order valence-corrected chi connectivity index (χ3v) is 4.59. The van der Waals surface area contributed by atoms with Crippen LogP contribution in [0.2, 0.25) is 0 Å². The van der Waals surface area contributed by atoms with Gasteiger partial charge in [0.15, 0.2) is 6.23 Å². The molecule has 4 heteroatoms. The van der Waals surface area contributed by atoms with Crippen LogP contribution in [0.15, 0.2) is 79.0 Å². The molecule has 2 N–H and O–H groups in total. The molecule has 1 atom stereocenters. The van der Waals surface area contributed by atoms with Gasteiger partial charge in [-0.25, -0.2) is 0 Å². The number of hydrogen-bond acceptors (Lipinski definition) is 4. The van der Waals surface area contributed by atoms with E-state index in [0.29, 0.717) is 0 Å². The molecule has 0 fully saturated rings. The highest BCUT2D eigenvalue weighted by molar-refractivity contribution is 5.86. The number of anilines is 1. The summed E-state index contributed by atoms with van der Waals surface area (Å²) in [6.07, 6.45) is 1.08. The molecule has 0 aliphatic carbocycles. The summed E-state index contributed by atoms with van der Waals surface area (Å²) < 4.78 is 5.22. The van der Waals surface area contributed by atoms with E-state index >= 15 is 0 Å². The Morgan fingerprint density at radius 1 is 0.923 bits per heavy atom. The highest BCUT2D eigenvalue weighted by Gasteiger charge is 2.27. The number of aromatic hydroxyl groups is 1. The van der Waals surface area contributed by atoms with Crippen molar-refractivity contribution >= 4 is 11.3 Å². The third-order valence-electron chi connectivity index (χ3n) is 4.59. The lowest BCUT2D eigenvalue weighted by Crippen LogP contribution is -2.27. The number of benzene rings is 3. The topological polar surface area (TPSA) is 52.9 Å². The molecule has 26 heavy (non-hydrogen) atoms. The second-order valence-electron chi connectivity index (χ2n) is 6.16. The maximum absolute atomic E-state index is 10.9. The molecule has 0 saturated heterocycles. The van der Waals surface area contributed by atoms with Gasteiger partial charge in [-0.15, -0.1) is 0 Å². The summed E-state index contributed by atoms with van der Waals surface area (Å²) in [6, 6.07) is 22.6. The predicted octanol–water partition coefficient (Wildman–Crippen LogP) is 4.30. The van der Waals surface area contributed by atoms with Crippen LogP contribution < -0.4 is 9.64 Å². The Hall–Kier alpha value is -3.24. The van der Waals surface area contributed by atoms with Gasteiger partial charge in [0, 0.05) is 23.0 Å². The van der Waals surface area contributed by atoms with E-state index in [1.165, 1.54) is 0 Å². The predicted molar refractivity (Wildman–Crippen MR) is 102 cm³/mol. The van der Waals surface area contributed by atoms with Crippen molar-refractivity contribution in [3.8, 4) is 11.5 Å². The highest BCUT2D eigenvalue weighted by Crippen LogP contribution is 2.40. The Balaban J connectivity index is 1.87. The largest absolute Gasteiger partial charge is 0.508 e. The first-order valence-corrected chi connectivity index (χ1v) is 8.38. The number of fused-ring (bicyclic) bond motifs is 1. The smallest absolute Gasteiger partial charge is 0.157 e. The van der Waals surface area contributed by atoms with Crippen molar-refractivity contribution < 1.29 is 14.9 Å². The summed E-state index contributed by atoms with van der Waals surface area (Å²) in [5, 5.41) is 20.9. The van der Waals surface area contributed by atoms with Crippen molar-refractivity contribution in [3.05, 3.63) is 95.7 Å². The van der Waals surface area contributed by atoms with E-state index in [4.69, 9.17) is 4.74 Å². The Labute approximate surface area is 152 Å². The van der Waals surface area contributed by atoms with Crippen LogP contribution in [0.4, 0.5) is 5.69 Å². The Kier molecular flexibility index (Phi) is 4.11. The van der Waals surface area contributed by atoms with Gasteiger partial charge < -0.3 is 19.8 Å². The summed E-state index contributed by atoms with van der Waals surface area (Å²) in [5.74, 6) is 0.938. The monoisotopic (exact) mass is 345 g/mol. The summed E-state index contributed by atoms with van der Waals surface area (Å²) in [7, 11) is 1.63. The van der Waals surface area contributed by atoms with Crippen LogP contribution in [-0.2, 0) is 0 Å². The highest BCUT2D eigenvalue weighted by atomic mass is 16.5. The van der Waals surface area contributed by atoms with Crippen molar-refractivity contribution in [1.82, 2.24) is 0 Å². The van der Waals surface area contributed by atoms with Crippen LogP contribution in [0.25, 0.3) is 5.57 Å². The van der Waals surface area contributed by atoms with Crippen LogP contribution in [0.3, 0.4) is 0 Å². The Bertz CT molecular complexity index is 949. The van der Waals surface area contributed by atoms with Crippen LogP contribution in [0.1, 0.15) is 22.9 Å². The van der Waals surface area contributed by atoms with E-state index in [1.54, 1.807) is 25.3 Å². The summed E-state index contributed by atoms with van der Waals surface area (Å²) >= 11 is 0. The number of aliphatic hydroxyl groups excluding tert-OH is 1. The molecule has 4 nitrogen and oxygen atoms in total. The zero-order chi connectivity index (χ0) is 18.1. The summed E-state index contributed by atoms with van der Waals surface area (Å²) in [5.41, 5.74) is 4.39. The van der Waals surface area contributed by atoms with Gasteiger partial charge in [0.05, 0.1) is 7.11 Å². The van der Waals surface area contributed by atoms with E-state index in [1.807, 2.05) is 65.7 Å². The standard InChI is InChI=1S/C22H19NO3/c1-26-18-10-7-16(8-11-18)23-14-21(15-5-3-2-4-6-15)20-13-17(24)9-12-19(20)22(23)25/h2-14,22,24-25H,1H3. The first kappa shape index (κ1) is 16.2. The molecule has 3 aromatic carbocycles. The molecule has 0 saturated carbocycles. The number of ether oxygens (including phenoxy) is 1. The molecular formula is C22H19NO3. The van der Waals surface area contributed by atoms with Crippen LogP contribution in [0.5, 0.6) is 11.5 Å². The number of rotatable bonds is 3. The van der Waals surface area contributed by atoms with Crippen molar-refractivity contribution in [2.45, 2.75) is 6.23 Å². The number of aliphatic hydroxyl groups is 1. The second kappa shape index (κ2) is 6.58. The van der Waals surface area contributed by atoms with Gasteiger partial charge in [-0.1, -0.05) is 36.4 Å². The summed E-state index contributed by atoms with van der Waals surface area (Å²) in [4.78, 5) is 1.82. The lowest BCUT2D eigenvalue weighted by atomic mass is 9.90. The van der Waals surface area contributed by atoms with Gasteiger partial charge in [-0.2, -0.15) is 0 Å². The maximum atomic E-state index is 10.9. The van der Waals surface area contributed by atoms with Crippen molar-refractivity contribution in [3.63, 3.8) is 0 Å². The minimum absolute atomic E-state index is 0.177. The molecule has 130 valence electrons. The maximum Gasteiger partial charge on any atom is 0.157 e. The van der Waals surface area contributed by atoms with Crippen LogP contribution in [0, 0.1) is 0 Å². The number of nitrogens with zero attached hydrogens (tertiary/aromatic N) is 1. The minimum atomic E-state index is -0.841. The van der Waals surface area contributed by atoms with Gasteiger partial charge in [-0.05, 0) is 47.5 Å². The first-order valence-electron chi connectivity index (χ1n) is 8.38. The Morgan fingerprint density at radius 2 is 1.65 bits per heavy atom. The molecule has 1 aliphatic rings. The number of phenols is 1. The molecule has 1 aliphatic heterocycles. The Morgan fingerprint density at radius 3 is 2.35 bits per heavy atom. The van der Waals surface area contributed by atoms with Gasteiger partial charge in [0.25, 0.3) is 0 Å². The van der Waals surface area contributed by atoms with Gasteiger partial charge in [0.1, 0.15) is 11.5 Å². The quantitative estimate of drug-likeness (QED) is 0.743. The van der Waals surface area contributed by atoms with E-state index < -0.39 is 6.23 Å². The second-order valence-corrected chi connectivity index (χ2v) is 6.16. The van der Waals surface area contributed by atoms with E-state index in [9.17, 15) is 10.2 Å². The van der Waals surface area contributed by atoms with E-state index in [2.05, 4.69) is 0 Å². The molecule has 0 bridgehead atoms. The number of phenolic OH excluding ortho intramolecular Hbond substituents is 1. The fraction of sp³-hybridized carbons (Fsp3) is 0.0909. The molecular weight excluding hydrogens is 326 g/mol. The lowest BCUT2D eigenvalue weighted by Gasteiger charge is -2.34. The van der Waals surface area contributed by atoms with Crippen molar-refractivity contribution in [2.24, 2.45) is 0 Å². The van der Waals surface area contributed by atoms with Gasteiger partial charge in [0.2, 0.25) is 0 Å². The molecule has 4 rings (SSSR count). The lowest BCUT2D eigenvalue weighted by molar-refractivity contribution is 0.181. The molecule has 0 amide bonds. The molecule has 1 heterocycles. The zero-order valence-electron chi connectivity index (χ0n) is 14.3. The fourth-order valence-electron chi connectivity index (χ4n) is 3.25. The molecule has 1 unspecified atom stereocenters. The number of methoxy groups -OCH3 is 1. The molecule has 0 aromatic heterocycles. The van der Waals surface area contributed by atoms with E-state index in [-0.39, 0.29) is 5.75 Å². The zero-order valence-corrected chi connectivity index (χ0v) is 14.3. The van der Waals surface area contributed by atoms with Crippen molar-refractivity contribution in [1.29, 1.82) is 0 Å². The molecule has 0 spiro atoms. The van der Waals surface area contributed by atoms with Crippen LogP contribution >= 0.6 is 0 Å². The number of hydrogen-bond donors (Lipinski definition) is 2. The summed E-state index contributed by atoms with van der Waals surface area (Å²) in [6.45, 7) is 0. The van der Waals surface area contributed by atoms with E-state index in [0.717, 1.165) is 33.7 Å². The minimum Gasteiger partial charge on any atom is -0.508 e. The van der Waals surface area contributed by atoms with Gasteiger partial charge >= 0.3 is 0 Å². The third kappa shape index (κ3) is 2.80. The molecule has 0 radical (unpaired) electrons. The van der Waals surface area contributed by atoms with Crippen LogP contribution in [-0.4, -0.2) is 17.3 Å². The SMILES string of the molecule is COc1ccc(N2C=C(c3ccccc3)c3cc(O)ccc3C2O)cc1. The average molecular weight is 345 g/mol. The first-order chi connectivity index (χ1) is 12.7. The van der Waals surface area contributed by atoms with Crippen molar-refractivity contribution in [2.75, 3.05) is 12.0 Å². The average Bonchev–Trinajstić information content (AvgIpc) is 2.69. The normalized spacial score (nSPS) is 16.0.